The Morgan fingerprint density at radius 3 is 2.33 bits per heavy atom. The number of amides is 1. The van der Waals surface area contributed by atoms with Crippen molar-refractivity contribution in [2.45, 2.75) is 19.9 Å². The largest absolute Gasteiger partial charge is 0.368 e. The molecule has 1 atom stereocenters. The van der Waals surface area contributed by atoms with Gasteiger partial charge in [0.2, 0.25) is 5.91 Å². The highest BCUT2D eigenvalue weighted by Crippen LogP contribution is 2.22. The van der Waals surface area contributed by atoms with Crippen molar-refractivity contribution < 1.29 is 9.18 Å². The summed E-state index contributed by atoms with van der Waals surface area (Å²) in [5.74, 6) is -0.523. The van der Waals surface area contributed by atoms with Gasteiger partial charge in [0.25, 0.3) is 5.56 Å². The molecule has 156 valence electrons. The van der Waals surface area contributed by atoms with Crippen LogP contribution in [0.25, 0.3) is 10.9 Å². The van der Waals surface area contributed by atoms with Crippen LogP contribution in [0, 0.1) is 11.7 Å². The quantitative estimate of drug-likeness (QED) is 0.662. The van der Waals surface area contributed by atoms with Crippen molar-refractivity contribution in [3.63, 3.8) is 0 Å². The van der Waals surface area contributed by atoms with Crippen molar-refractivity contribution in [1.29, 1.82) is 0 Å². The monoisotopic (exact) mass is 409 g/mol. The first-order valence-electron chi connectivity index (χ1n) is 10.1. The standard InChI is InChI=1S/C22H24FN5O2/c1-15(2)20(28-21(29)18-5-3-4-6-19(18)24-25-28)22(30)27-13-11-26(12-14-27)17-9-7-16(23)8-10-17/h3-10,15,20H,11-14H2,1-2H3/t20-/m0/s1. The Morgan fingerprint density at radius 1 is 1.00 bits per heavy atom. The predicted molar refractivity (Wildman–Crippen MR) is 113 cm³/mol. The molecule has 1 fully saturated rings. The Bertz CT molecular complexity index is 1100. The highest BCUT2D eigenvalue weighted by molar-refractivity contribution is 5.82. The van der Waals surface area contributed by atoms with Gasteiger partial charge in [-0.25, -0.2) is 4.39 Å². The minimum atomic E-state index is -0.716. The van der Waals surface area contributed by atoms with Crippen molar-refractivity contribution in [2.75, 3.05) is 31.1 Å². The molecule has 30 heavy (non-hydrogen) atoms. The van der Waals surface area contributed by atoms with E-state index in [0.717, 1.165) is 5.69 Å². The Morgan fingerprint density at radius 2 is 1.67 bits per heavy atom. The first-order chi connectivity index (χ1) is 14.5. The van der Waals surface area contributed by atoms with E-state index in [1.54, 1.807) is 41.3 Å². The molecule has 2 heterocycles. The molecule has 1 aromatic heterocycles. The molecule has 0 unspecified atom stereocenters. The lowest BCUT2D eigenvalue weighted by molar-refractivity contribution is -0.137. The second kappa shape index (κ2) is 8.22. The molecular formula is C22H24FN5O2. The number of rotatable bonds is 4. The molecular weight excluding hydrogens is 385 g/mol. The van der Waals surface area contributed by atoms with Gasteiger partial charge in [0.15, 0.2) is 0 Å². The topological polar surface area (TPSA) is 71.3 Å². The lowest BCUT2D eigenvalue weighted by Crippen LogP contribution is -2.52. The maximum Gasteiger partial charge on any atom is 0.278 e. The van der Waals surface area contributed by atoms with Gasteiger partial charge in [-0.15, -0.1) is 5.10 Å². The number of hydrogen-bond donors (Lipinski definition) is 0. The molecule has 2 aromatic carbocycles. The summed E-state index contributed by atoms with van der Waals surface area (Å²) >= 11 is 0. The fraction of sp³-hybridized carbons (Fsp3) is 0.364. The molecule has 0 spiro atoms. The number of carbonyl (C=O) groups excluding carboxylic acids is 1. The van der Waals surface area contributed by atoms with Gasteiger partial charge in [0, 0.05) is 31.9 Å². The van der Waals surface area contributed by atoms with Gasteiger partial charge in [0.1, 0.15) is 17.4 Å². The van der Waals surface area contributed by atoms with Gasteiger partial charge in [-0.1, -0.05) is 31.2 Å². The maximum absolute atomic E-state index is 13.3. The molecule has 1 amide bonds. The number of halogens is 1. The van der Waals surface area contributed by atoms with E-state index in [2.05, 4.69) is 15.2 Å². The summed E-state index contributed by atoms with van der Waals surface area (Å²) in [5, 5.41) is 8.66. The summed E-state index contributed by atoms with van der Waals surface area (Å²) < 4.78 is 14.4. The van der Waals surface area contributed by atoms with E-state index in [9.17, 15) is 14.0 Å². The van der Waals surface area contributed by atoms with Crippen LogP contribution < -0.4 is 10.5 Å². The van der Waals surface area contributed by atoms with Crippen LogP contribution >= 0.6 is 0 Å². The smallest absolute Gasteiger partial charge is 0.278 e. The van der Waals surface area contributed by atoms with E-state index in [0.29, 0.717) is 37.1 Å². The molecule has 0 N–H and O–H groups in total. The average molecular weight is 409 g/mol. The summed E-state index contributed by atoms with van der Waals surface area (Å²) in [5.41, 5.74) is 1.14. The van der Waals surface area contributed by atoms with E-state index < -0.39 is 6.04 Å². The van der Waals surface area contributed by atoms with Crippen molar-refractivity contribution in [3.8, 4) is 0 Å². The molecule has 0 bridgehead atoms. The van der Waals surface area contributed by atoms with E-state index in [4.69, 9.17) is 0 Å². The van der Waals surface area contributed by atoms with Crippen LogP contribution in [0.1, 0.15) is 19.9 Å². The zero-order valence-corrected chi connectivity index (χ0v) is 17.0. The van der Waals surface area contributed by atoms with E-state index >= 15 is 0 Å². The Labute approximate surface area is 173 Å². The fourth-order valence-corrected chi connectivity index (χ4v) is 3.88. The predicted octanol–water partition coefficient (Wildman–Crippen LogP) is 2.48. The Kier molecular flexibility index (Phi) is 5.48. The van der Waals surface area contributed by atoms with Crippen LogP contribution in [0.5, 0.6) is 0 Å². The number of anilines is 1. The van der Waals surface area contributed by atoms with Crippen LogP contribution in [0.2, 0.25) is 0 Å². The molecule has 0 radical (unpaired) electrons. The van der Waals surface area contributed by atoms with Crippen LogP contribution in [-0.4, -0.2) is 52.0 Å². The lowest BCUT2D eigenvalue weighted by atomic mass is 10.0. The summed E-state index contributed by atoms with van der Waals surface area (Å²) in [6.07, 6.45) is 0. The molecule has 8 heteroatoms. The molecule has 0 aliphatic carbocycles. The van der Waals surface area contributed by atoms with Gasteiger partial charge in [0.05, 0.1) is 5.39 Å². The molecule has 1 saturated heterocycles. The summed E-state index contributed by atoms with van der Waals surface area (Å²) in [6, 6.07) is 12.7. The highest BCUT2D eigenvalue weighted by atomic mass is 19.1. The van der Waals surface area contributed by atoms with E-state index in [1.807, 2.05) is 13.8 Å². The summed E-state index contributed by atoms with van der Waals surface area (Å²) in [6.45, 7) is 6.13. The van der Waals surface area contributed by atoms with Crippen molar-refractivity contribution in [3.05, 3.63) is 64.7 Å². The number of aromatic nitrogens is 3. The second-order valence-electron chi connectivity index (χ2n) is 7.83. The van der Waals surface area contributed by atoms with Crippen molar-refractivity contribution in [1.82, 2.24) is 19.9 Å². The average Bonchev–Trinajstić information content (AvgIpc) is 2.76. The minimum Gasteiger partial charge on any atom is -0.368 e. The maximum atomic E-state index is 13.3. The van der Waals surface area contributed by atoms with Gasteiger partial charge in [-0.3, -0.25) is 9.59 Å². The third kappa shape index (κ3) is 3.77. The SMILES string of the molecule is CC(C)[C@@H](C(=O)N1CCN(c2ccc(F)cc2)CC1)n1nnc2ccccc2c1=O. The van der Waals surface area contributed by atoms with Crippen molar-refractivity contribution in [2.24, 2.45) is 5.92 Å². The number of nitrogens with zero attached hydrogens (tertiary/aromatic N) is 5. The lowest BCUT2D eigenvalue weighted by Gasteiger charge is -2.38. The normalized spacial score (nSPS) is 15.6. The fourth-order valence-electron chi connectivity index (χ4n) is 3.88. The van der Waals surface area contributed by atoms with E-state index in [1.165, 1.54) is 16.8 Å². The van der Waals surface area contributed by atoms with Crippen LogP contribution in [-0.2, 0) is 4.79 Å². The minimum absolute atomic E-state index is 0.124. The Hall–Kier alpha value is -3.29. The first-order valence-corrected chi connectivity index (χ1v) is 10.1. The van der Waals surface area contributed by atoms with E-state index in [-0.39, 0.29) is 23.2 Å². The van der Waals surface area contributed by atoms with Crippen molar-refractivity contribution >= 4 is 22.5 Å². The third-order valence-electron chi connectivity index (χ3n) is 5.52. The number of piperazine rings is 1. The number of hydrogen-bond acceptors (Lipinski definition) is 5. The zero-order valence-electron chi connectivity index (χ0n) is 17.0. The number of carbonyl (C=O) groups is 1. The molecule has 1 aliphatic heterocycles. The third-order valence-corrected chi connectivity index (χ3v) is 5.52. The first kappa shape index (κ1) is 20.0. The van der Waals surface area contributed by atoms with Gasteiger partial charge in [-0.05, 0) is 42.3 Å². The number of fused-ring (bicyclic) bond motifs is 1. The van der Waals surface area contributed by atoms with Crippen LogP contribution in [0.15, 0.2) is 53.3 Å². The molecule has 4 rings (SSSR count). The Balaban J connectivity index is 1.54. The molecule has 0 saturated carbocycles. The van der Waals surface area contributed by atoms with Crippen LogP contribution in [0.3, 0.4) is 0 Å². The van der Waals surface area contributed by atoms with Gasteiger partial charge >= 0.3 is 0 Å². The second-order valence-corrected chi connectivity index (χ2v) is 7.83. The molecule has 1 aliphatic rings. The van der Waals surface area contributed by atoms with Gasteiger partial charge in [-0.2, -0.15) is 4.68 Å². The summed E-state index contributed by atoms with van der Waals surface area (Å²) in [4.78, 5) is 30.2. The van der Waals surface area contributed by atoms with Gasteiger partial charge < -0.3 is 9.80 Å². The van der Waals surface area contributed by atoms with Crippen LogP contribution in [0.4, 0.5) is 10.1 Å². The molecule has 7 nitrogen and oxygen atoms in total. The highest BCUT2D eigenvalue weighted by Gasteiger charge is 2.33. The zero-order chi connectivity index (χ0) is 21.3. The molecule has 3 aromatic rings. The number of benzene rings is 2. The summed E-state index contributed by atoms with van der Waals surface area (Å²) in [7, 11) is 0.